The Labute approximate surface area is 87.8 Å². The first kappa shape index (κ1) is 9.09. The Morgan fingerprint density at radius 3 is 2.86 bits per heavy atom. The van der Waals surface area contributed by atoms with E-state index in [2.05, 4.69) is 17.1 Å². The Bertz CT molecular complexity index is 506. The van der Waals surface area contributed by atoms with Crippen molar-refractivity contribution < 1.29 is 0 Å². The molecule has 2 rings (SSSR count). The molecule has 0 atom stereocenters. The highest BCUT2D eigenvalue weighted by atomic mass is 32.1. The maximum absolute atomic E-state index is 5.60. The Morgan fingerprint density at radius 2 is 2.14 bits per heavy atom. The van der Waals surface area contributed by atoms with Gasteiger partial charge < -0.3 is 5.73 Å². The molecule has 1 aromatic carbocycles. The van der Waals surface area contributed by atoms with E-state index in [9.17, 15) is 0 Å². The first-order valence-corrected chi connectivity index (χ1v) is 4.74. The molecule has 1 aromatic heterocycles. The summed E-state index contributed by atoms with van der Waals surface area (Å²) in [6.45, 7) is 2.04. The van der Waals surface area contributed by atoms with Gasteiger partial charge in [-0.05, 0) is 24.4 Å². The van der Waals surface area contributed by atoms with Gasteiger partial charge in [-0.15, -0.1) is 0 Å². The molecule has 3 heteroatoms. The van der Waals surface area contributed by atoms with Crippen molar-refractivity contribution in [2.24, 2.45) is 5.73 Å². The van der Waals surface area contributed by atoms with Crippen molar-refractivity contribution in [1.29, 1.82) is 0 Å². The van der Waals surface area contributed by atoms with Gasteiger partial charge in [0.2, 0.25) is 0 Å². The van der Waals surface area contributed by atoms with Crippen molar-refractivity contribution in [1.82, 2.24) is 4.98 Å². The van der Waals surface area contributed by atoms with Crippen molar-refractivity contribution in [3.05, 3.63) is 41.7 Å². The minimum absolute atomic E-state index is 0.348. The molecule has 0 amide bonds. The fourth-order valence-electron chi connectivity index (χ4n) is 1.48. The van der Waals surface area contributed by atoms with Crippen LogP contribution < -0.4 is 5.73 Å². The summed E-state index contributed by atoms with van der Waals surface area (Å²) in [7, 11) is 0. The van der Waals surface area contributed by atoms with Gasteiger partial charge in [0.25, 0.3) is 0 Å². The van der Waals surface area contributed by atoms with Gasteiger partial charge in [0, 0.05) is 11.6 Å². The topological polar surface area (TPSA) is 38.9 Å². The second-order valence-electron chi connectivity index (χ2n) is 3.25. The summed E-state index contributed by atoms with van der Waals surface area (Å²) in [5, 5.41) is 2.15. The second kappa shape index (κ2) is 3.35. The highest BCUT2D eigenvalue weighted by molar-refractivity contribution is 7.80. The Morgan fingerprint density at radius 1 is 1.36 bits per heavy atom. The number of benzene rings is 1. The van der Waals surface area contributed by atoms with Crippen molar-refractivity contribution in [2.75, 3.05) is 0 Å². The van der Waals surface area contributed by atoms with E-state index >= 15 is 0 Å². The van der Waals surface area contributed by atoms with Crippen LogP contribution in [-0.2, 0) is 0 Å². The average molecular weight is 202 g/mol. The summed E-state index contributed by atoms with van der Waals surface area (Å²) in [4.78, 5) is 4.53. The third-order valence-corrected chi connectivity index (χ3v) is 2.35. The van der Waals surface area contributed by atoms with E-state index in [4.69, 9.17) is 18.0 Å². The summed E-state index contributed by atoms with van der Waals surface area (Å²) in [5.74, 6) is 0. The quantitative estimate of drug-likeness (QED) is 0.720. The Balaban J connectivity index is 2.84. The van der Waals surface area contributed by atoms with Crippen LogP contribution in [0.3, 0.4) is 0 Å². The Kier molecular flexibility index (Phi) is 2.17. The largest absolute Gasteiger partial charge is 0.388 e. The summed E-state index contributed by atoms with van der Waals surface area (Å²) >= 11 is 4.95. The van der Waals surface area contributed by atoms with E-state index in [1.54, 1.807) is 6.20 Å². The van der Waals surface area contributed by atoms with Gasteiger partial charge in [0.15, 0.2) is 0 Å². The molecule has 0 saturated carbocycles. The van der Waals surface area contributed by atoms with E-state index in [-0.39, 0.29) is 0 Å². The van der Waals surface area contributed by atoms with E-state index in [1.165, 1.54) is 5.56 Å². The van der Waals surface area contributed by atoms with Crippen LogP contribution in [0.4, 0.5) is 0 Å². The fraction of sp³-hybridized carbons (Fsp3) is 0.0909. The number of hydrogen-bond acceptors (Lipinski definition) is 2. The van der Waals surface area contributed by atoms with Gasteiger partial charge in [0.05, 0.1) is 0 Å². The van der Waals surface area contributed by atoms with Gasteiger partial charge in [-0.3, -0.25) is 4.98 Å². The number of pyridine rings is 1. The maximum Gasteiger partial charge on any atom is 0.123 e. The Hall–Kier alpha value is -1.48. The number of rotatable bonds is 1. The van der Waals surface area contributed by atoms with Crippen molar-refractivity contribution >= 4 is 28.0 Å². The molecule has 0 aliphatic carbocycles. The maximum atomic E-state index is 5.60. The zero-order valence-electron chi connectivity index (χ0n) is 7.82. The number of aryl methyl sites for hydroxylation is 1. The summed E-state index contributed by atoms with van der Waals surface area (Å²) in [5.41, 5.74) is 7.49. The van der Waals surface area contributed by atoms with Crippen LogP contribution >= 0.6 is 12.2 Å². The molecule has 70 valence electrons. The van der Waals surface area contributed by atoms with Gasteiger partial charge in [-0.25, -0.2) is 0 Å². The van der Waals surface area contributed by atoms with Crippen LogP contribution in [0.25, 0.3) is 10.8 Å². The van der Waals surface area contributed by atoms with E-state index in [0.717, 1.165) is 10.8 Å². The molecule has 14 heavy (non-hydrogen) atoms. The number of nitrogens with two attached hydrogens (primary N) is 1. The highest BCUT2D eigenvalue weighted by Crippen LogP contribution is 2.18. The van der Waals surface area contributed by atoms with Crippen LogP contribution in [0.2, 0.25) is 0 Å². The third kappa shape index (κ3) is 1.46. The molecule has 0 aliphatic rings. The molecule has 2 aromatic rings. The first-order chi connectivity index (χ1) is 6.68. The van der Waals surface area contributed by atoms with Gasteiger partial charge in [0.1, 0.15) is 10.7 Å². The van der Waals surface area contributed by atoms with Gasteiger partial charge in [-0.1, -0.05) is 29.9 Å². The zero-order valence-corrected chi connectivity index (χ0v) is 8.64. The third-order valence-electron chi connectivity index (χ3n) is 2.16. The lowest BCUT2D eigenvalue weighted by atomic mass is 10.1. The lowest BCUT2D eigenvalue weighted by Gasteiger charge is -2.04. The molecule has 0 spiro atoms. The number of aromatic nitrogens is 1. The van der Waals surface area contributed by atoms with Crippen molar-refractivity contribution in [3.63, 3.8) is 0 Å². The second-order valence-corrected chi connectivity index (χ2v) is 3.69. The molecular formula is C11H10N2S. The smallest absolute Gasteiger partial charge is 0.123 e. The van der Waals surface area contributed by atoms with Crippen molar-refractivity contribution in [2.45, 2.75) is 6.92 Å². The summed E-state index contributed by atoms with van der Waals surface area (Å²) in [6.07, 6.45) is 1.73. The van der Waals surface area contributed by atoms with Gasteiger partial charge >= 0.3 is 0 Å². The first-order valence-electron chi connectivity index (χ1n) is 4.33. The average Bonchev–Trinajstić information content (AvgIpc) is 2.16. The molecule has 2 nitrogen and oxygen atoms in total. The standard InChI is InChI=1S/C11H10N2S/c1-7-2-3-8-4-5-13-10(11(12)14)9(8)6-7/h2-6H,1H3,(H2,12,14). The van der Waals surface area contributed by atoms with Crippen LogP contribution in [0, 0.1) is 6.92 Å². The molecule has 0 unspecified atom stereocenters. The lowest BCUT2D eigenvalue weighted by molar-refractivity contribution is 1.32. The minimum Gasteiger partial charge on any atom is -0.388 e. The lowest BCUT2D eigenvalue weighted by Crippen LogP contribution is -2.11. The molecule has 0 fully saturated rings. The molecule has 1 heterocycles. The minimum atomic E-state index is 0.348. The number of thiocarbonyl (C=S) groups is 1. The zero-order chi connectivity index (χ0) is 10.1. The van der Waals surface area contributed by atoms with Crippen LogP contribution in [0.5, 0.6) is 0 Å². The van der Waals surface area contributed by atoms with E-state index in [1.807, 2.05) is 19.1 Å². The number of nitrogens with zero attached hydrogens (tertiary/aromatic N) is 1. The highest BCUT2D eigenvalue weighted by Gasteiger charge is 2.04. The molecule has 0 bridgehead atoms. The molecular weight excluding hydrogens is 192 g/mol. The number of hydrogen-bond donors (Lipinski definition) is 1. The predicted octanol–water partition coefficient (Wildman–Crippen LogP) is 2.18. The van der Waals surface area contributed by atoms with E-state index in [0.29, 0.717) is 10.7 Å². The molecule has 0 saturated heterocycles. The molecule has 0 radical (unpaired) electrons. The van der Waals surface area contributed by atoms with Crippen LogP contribution in [-0.4, -0.2) is 9.97 Å². The van der Waals surface area contributed by atoms with Crippen LogP contribution in [0.15, 0.2) is 30.5 Å². The molecule has 0 aliphatic heterocycles. The summed E-state index contributed by atoms with van der Waals surface area (Å²) < 4.78 is 0. The predicted molar refractivity (Wildman–Crippen MR) is 62.4 cm³/mol. The van der Waals surface area contributed by atoms with Gasteiger partial charge in [-0.2, -0.15) is 0 Å². The normalized spacial score (nSPS) is 10.4. The van der Waals surface area contributed by atoms with Crippen LogP contribution in [0.1, 0.15) is 11.3 Å². The molecule has 2 N–H and O–H groups in total. The SMILES string of the molecule is Cc1ccc2ccnc(C(N)=S)c2c1. The summed E-state index contributed by atoms with van der Waals surface area (Å²) in [6, 6.07) is 8.12. The number of fused-ring (bicyclic) bond motifs is 1. The monoisotopic (exact) mass is 202 g/mol. The fourth-order valence-corrected chi connectivity index (χ4v) is 1.64. The van der Waals surface area contributed by atoms with Crippen molar-refractivity contribution in [3.8, 4) is 0 Å². The van der Waals surface area contributed by atoms with E-state index < -0.39 is 0 Å².